The molecular formula is C12H20N2O8. The molecule has 1 heterocycles. The molecule has 6 atom stereocenters. The largest absolute Gasteiger partial charge is 0.477 e. The van der Waals surface area contributed by atoms with Crippen LogP contribution in [-0.2, 0) is 19.1 Å². The summed E-state index contributed by atoms with van der Waals surface area (Å²) in [7, 11) is 0. The van der Waals surface area contributed by atoms with Crippen LogP contribution in [-0.4, -0.2) is 74.9 Å². The Morgan fingerprint density at radius 2 is 2.05 bits per heavy atom. The molecule has 0 spiro atoms. The Kier molecular flexibility index (Phi) is 5.83. The molecule has 1 aliphatic heterocycles. The van der Waals surface area contributed by atoms with Crippen LogP contribution < -0.4 is 10.6 Å². The van der Waals surface area contributed by atoms with Crippen LogP contribution in [0.2, 0.25) is 0 Å². The lowest BCUT2D eigenvalue weighted by atomic mass is 9.87. The van der Waals surface area contributed by atoms with E-state index in [4.69, 9.17) is 9.84 Å². The number of rotatable bonds is 6. The van der Waals surface area contributed by atoms with Gasteiger partial charge in [-0.1, -0.05) is 0 Å². The van der Waals surface area contributed by atoms with E-state index < -0.39 is 54.5 Å². The molecule has 1 rings (SSSR count). The van der Waals surface area contributed by atoms with Gasteiger partial charge in [0.25, 0.3) is 5.79 Å². The van der Waals surface area contributed by atoms with Gasteiger partial charge in [-0.05, 0) is 6.92 Å². The van der Waals surface area contributed by atoms with Gasteiger partial charge >= 0.3 is 5.97 Å². The maximum atomic E-state index is 11.2. The lowest BCUT2D eigenvalue weighted by molar-refractivity contribution is -0.283. The summed E-state index contributed by atoms with van der Waals surface area (Å²) in [6.45, 7) is 2.47. The van der Waals surface area contributed by atoms with Crippen molar-refractivity contribution < 1.29 is 39.5 Å². The lowest BCUT2D eigenvalue weighted by Crippen LogP contribution is -2.69. The average molecular weight is 320 g/mol. The number of aliphatic carboxylic acids is 1. The molecule has 0 aromatic heterocycles. The number of ether oxygens (including phenoxy) is 1. The smallest absolute Gasteiger partial charge is 0.364 e. The first-order chi connectivity index (χ1) is 10.1. The van der Waals surface area contributed by atoms with E-state index in [1.165, 1.54) is 13.8 Å². The van der Waals surface area contributed by atoms with Gasteiger partial charge in [0.2, 0.25) is 12.3 Å². The summed E-state index contributed by atoms with van der Waals surface area (Å²) in [6.07, 6.45) is -4.45. The first kappa shape index (κ1) is 18.3. The van der Waals surface area contributed by atoms with Crippen molar-refractivity contribution in [3.05, 3.63) is 0 Å². The molecule has 6 N–H and O–H groups in total. The third kappa shape index (κ3) is 3.91. The minimum Gasteiger partial charge on any atom is -0.477 e. The van der Waals surface area contributed by atoms with Gasteiger partial charge < -0.3 is 35.8 Å². The number of carbonyl (C=O) groups is 3. The van der Waals surface area contributed by atoms with E-state index in [0.29, 0.717) is 0 Å². The third-order valence-electron chi connectivity index (χ3n) is 3.42. The number of carboxylic acids is 1. The standard InChI is InChI=1S/C12H20N2O8/c1-5(16)8(13-4-15)10-9(14-6(2)17)7(18)3-12(21,22-10)11(19)20/h4-5,7-10,16,18,21H,3H2,1-2H3,(H,13,15)(H,14,17)(H,19,20)/t5-,7-,8-,9-,10-,12-/m0/s1. The second kappa shape index (κ2) is 7.01. The van der Waals surface area contributed by atoms with Crippen LogP contribution in [0.25, 0.3) is 0 Å². The molecule has 10 heteroatoms. The zero-order valence-corrected chi connectivity index (χ0v) is 12.1. The SMILES string of the molecule is CC(=O)N[C@@H]1[C@H]([C@@H](NC=O)[C@H](C)O)O[C@](O)(C(=O)O)C[C@@H]1O. The van der Waals surface area contributed by atoms with Crippen LogP contribution >= 0.6 is 0 Å². The average Bonchev–Trinajstić information content (AvgIpc) is 2.38. The highest BCUT2D eigenvalue weighted by atomic mass is 16.7. The number of carboxylic acid groups (broad SMARTS) is 1. The van der Waals surface area contributed by atoms with Crippen molar-refractivity contribution >= 4 is 18.3 Å². The summed E-state index contributed by atoms with van der Waals surface area (Å²) in [5.74, 6) is -4.96. The normalized spacial score (nSPS) is 34.3. The molecule has 1 aliphatic rings. The Morgan fingerprint density at radius 1 is 1.45 bits per heavy atom. The summed E-state index contributed by atoms with van der Waals surface area (Å²) in [5.41, 5.74) is 0. The van der Waals surface area contributed by atoms with Gasteiger partial charge in [-0.25, -0.2) is 4.79 Å². The van der Waals surface area contributed by atoms with Crippen molar-refractivity contribution in [3.63, 3.8) is 0 Å². The Balaban J connectivity index is 3.17. The van der Waals surface area contributed by atoms with Gasteiger partial charge in [-0.3, -0.25) is 9.59 Å². The highest BCUT2D eigenvalue weighted by Crippen LogP contribution is 2.30. The summed E-state index contributed by atoms with van der Waals surface area (Å²) in [5, 5.41) is 43.3. The predicted octanol–water partition coefficient (Wildman–Crippen LogP) is -3.09. The Hall–Kier alpha value is -1.75. The molecule has 0 bridgehead atoms. The molecule has 0 radical (unpaired) electrons. The number of hydrogen-bond donors (Lipinski definition) is 6. The van der Waals surface area contributed by atoms with E-state index in [1.807, 2.05) is 0 Å². The molecule has 10 nitrogen and oxygen atoms in total. The zero-order valence-electron chi connectivity index (χ0n) is 12.1. The first-order valence-corrected chi connectivity index (χ1v) is 6.59. The predicted molar refractivity (Wildman–Crippen MR) is 70.4 cm³/mol. The topological polar surface area (TPSA) is 165 Å². The highest BCUT2D eigenvalue weighted by Gasteiger charge is 2.53. The Morgan fingerprint density at radius 3 is 2.45 bits per heavy atom. The number of aliphatic hydroxyl groups excluding tert-OH is 2. The van der Waals surface area contributed by atoms with Crippen molar-refractivity contribution in [1.29, 1.82) is 0 Å². The fourth-order valence-electron chi connectivity index (χ4n) is 2.41. The minimum absolute atomic E-state index is 0.256. The van der Waals surface area contributed by atoms with Crippen LogP contribution in [0, 0.1) is 0 Å². The van der Waals surface area contributed by atoms with Crippen LogP contribution in [0.5, 0.6) is 0 Å². The molecule has 1 saturated heterocycles. The van der Waals surface area contributed by atoms with E-state index in [-0.39, 0.29) is 6.41 Å². The fourth-order valence-corrected chi connectivity index (χ4v) is 2.41. The number of hydrogen-bond acceptors (Lipinski definition) is 7. The van der Waals surface area contributed by atoms with E-state index >= 15 is 0 Å². The maximum absolute atomic E-state index is 11.2. The number of nitrogens with one attached hydrogen (secondary N) is 2. The van der Waals surface area contributed by atoms with Gasteiger partial charge in [0, 0.05) is 13.3 Å². The summed E-state index contributed by atoms with van der Waals surface area (Å²) >= 11 is 0. The minimum atomic E-state index is -2.70. The van der Waals surface area contributed by atoms with E-state index in [1.54, 1.807) is 0 Å². The second-order valence-corrected chi connectivity index (χ2v) is 5.22. The Labute approximate surface area is 126 Å². The first-order valence-electron chi connectivity index (χ1n) is 6.59. The molecule has 0 unspecified atom stereocenters. The molecule has 2 amide bonds. The van der Waals surface area contributed by atoms with Crippen LogP contribution in [0.3, 0.4) is 0 Å². The number of amides is 2. The monoisotopic (exact) mass is 320 g/mol. The van der Waals surface area contributed by atoms with Crippen molar-refractivity contribution in [2.24, 2.45) is 0 Å². The Bertz CT molecular complexity index is 443. The van der Waals surface area contributed by atoms with Crippen LogP contribution in [0.1, 0.15) is 20.3 Å². The third-order valence-corrected chi connectivity index (χ3v) is 3.42. The molecule has 126 valence electrons. The fraction of sp³-hybridized carbons (Fsp3) is 0.750. The van der Waals surface area contributed by atoms with Crippen LogP contribution in [0.4, 0.5) is 0 Å². The molecular weight excluding hydrogens is 300 g/mol. The van der Waals surface area contributed by atoms with Crippen LogP contribution in [0.15, 0.2) is 0 Å². The van der Waals surface area contributed by atoms with Gasteiger partial charge in [0.15, 0.2) is 0 Å². The van der Waals surface area contributed by atoms with Gasteiger partial charge in [-0.15, -0.1) is 0 Å². The molecule has 0 saturated carbocycles. The number of aliphatic hydroxyl groups is 3. The van der Waals surface area contributed by atoms with Gasteiger partial charge in [0.05, 0.1) is 24.3 Å². The lowest BCUT2D eigenvalue weighted by Gasteiger charge is -2.45. The molecule has 0 aliphatic carbocycles. The van der Waals surface area contributed by atoms with Crippen molar-refractivity contribution in [1.82, 2.24) is 10.6 Å². The highest BCUT2D eigenvalue weighted by molar-refractivity contribution is 5.76. The summed E-state index contributed by atoms with van der Waals surface area (Å²) < 4.78 is 5.10. The van der Waals surface area contributed by atoms with E-state index in [2.05, 4.69) is 10.6 Å². The van der Waals surface area contributed by atoms with Crippen molar-refractivity contribution in [2.75, 3.05) is 0 Å². The van der Waals surface area contributed by atoms with Gasteiger partial charge in [-0.2, -0.15) is 0 Å². The van der Waals surface area contributed by atoms with E-state index in [0.717, 1.165) is 0 Å². The van der Waals surface area contributed by atoms with Crippen molar-refractivity contribution in [3.8, 4) is 0 Å². The molecule has 0 aromatic carbocycles. The number of carbonyl (C=O) groups excluding carboxylic acids is 2. The van der Waals surface area contributed by atoms with E-state index in [9.17, 15) is 29.7 Å². The maximum Gasteiger partial charge on any atom is 0.364 e. The molecule has 0 aromatic rings. The zero-order chi connectivity index (χ0) is 17.1. The molecule has 22 heavy (non-hydrogen) atoms. The summed E-state index contributed by atoms with van der Waals surface area (Å²) in [6, 6.07) is -2.28. The molecule has 1 fully saturated rings. The van der Waals surface area contributed by atoms with Gasteiger partial charge in [0.1, 0.15) is 6.10 Å². The quantitative estimate of drug-likeness (QED) is 0.280. The summed E-state index contributed by atoms with van der Waals surface area (Å²) in [4.78, 5) is 33.0. The van der Waals surface area contributed by atoms with Crippen molar-refractivity contribution in [2.45, 2.75) is 56.5 Å². The second-order valence-electron chi connectivity index (χ2n) is 5.22.